The zero-order chi connectivity index (χ0) is 18.8. The van der Waals surface area contributed by atoms with Gasteiger partial charge in [-0.3, -0.25) is 9.59 Å². The molecular formula is C18H12Cl2N2O4. The van der Waals surface area contributed by atoms with Crippen LogP contribution < -0.4 is 10.2 Å². The second kappa shape index (κ2) is 7.19. The van der Waals surface area contributed by atoms with Gasteiger partial charge in [0.15, 0.2) is 0 Å². The standard InChI is InChI=1S/C18H12Cl2N2O4/c1-26-18(25)10-5-7-12(8-6-10)21-15-14(20)16(23)22(17(15)24)13-4-2-3-11(19)9-13/h2-9,21H,1H3. The van der Waals surface area contributed by atoms with Crippen molar-refractivity contribution in [1.29, 1.82) is 0 Å². The molecule has 0 spiro atoms. The molecule has 0 unspecified atom stereocenters. The third-order valence-corrected chi connectivity index (χ3v) is 4.25. The average molecular weight is 391 g/mol. The highest BCUT2D eigenvalue weighted by Gasteiger charge is 2.39. The smallest absolute Gasteiger partial charge is 0.337 e. The van der Waals surface area contributed by atoms with E-state index in [1.807, 2.05) is 0 Å². The minimum atomic E-state index is -0.646. The predicted octanol–water partition coefficient (Wildman–Crippen LogP) is 3.56. The molecule has 0 fully saturated rings. The Balaban J connectivity index is 1.85. The van der Waals surface area contributed by atoms with E-state index in [0.717, 1.165) is 4.90 Å². The number of amides is 2. The lowest BCUT2D eigenvalue weighted by molar-refractivity contribution is -0.120. The van der Waals surface area contributed by atoms with Gasteiger partial charge in [-0.15, -0.1) is 0 Å². The van der Waals surface area contributed by atoms with E-state index in [2.05, 4.69) is 10.1 Å². The Hall–Kier alpha value is -2.83. The monoisotopic (exact) mass is 390 g/mol. The lowest BCUT2D eigenvalue weighted by atomic mass is 10.2. The number of rotatable bonds is 4. The van der Waals surface area contributed by atoms with Crippen molar-refractivity contribution >= 4 is 52.4 Å². The molecule has 1 N–H and O–H groups in total. The van der Waals surface area contributed by atoms with E-state index in [-0.39, 0.29) is 10.7 Å². The number of methoxy groups -OCH3 is 1. The molecule has 2 aromatic carbocycles. The van der Waals surface area contributed by atoms with Crippen LogP contribution in [-0.2, 0) is 14.3 Å². The molecule has 1 heterocycles. The van der Waals surface area contributed by atoms with Crippen LogP contribution in [0.2, 0.25) is 5.02 Å². The highest BCUT2D eigenvalue weighted by atomic mass is 35.5. The largest absolute Gasteiger partial charge is 0.465 e. The summed E-state index contributed by atoms with van der Waals surface area (Å²) in [5, 5.41) is 2.98. The number of carbonyl (C=O) groups is 3. The summed E-state index contributed by atoms with van der Waals surface area (Å²) in [7, 11) is 1.28. The molecular weight excluding hydrogens is 379 g/mol. The summed E-state index contributed by atoms with van der Waals surface area (Å²) in [6, 6.07) is 12.5. The van der Waals surface area contributed by atoms with Gasteiger partial charge in [0.05, 0.1) is 18.4 Å². The lowest BCUT2D eigenvalue weighted by Crippen LogP contribution is -2.32. The van der Waals surface area contributed by atoms with Gasteiger partial charge < -0.3 is 10.1 Å². The van der Waals surface area contributed by atoms with Gasteiger partial charge in [0, 0.05) is 10.7 Å². The molecule has 1 aliphatic heterocycles. The molecule has 3 rings (SSSR count). The van der Waals surface area contributed by atoms with Gasteiger partial charge in [0.1, 0.15) is 10.7 Å². The van der Waals surface area contributed by atoms with Crippen LogP contribution in [0.15, 0.2) is 59.3 Å². The van der Waals surface area contributed by atoms with Gasteiger partial charge >= 0.3 is 5.97 Å². The molecule has 2 amide bonds. The molecule has 0 aromatic heterocycles. The molecule has 1 aliphatic rings. The van der Waals surface area contributed by atoms with E-state index in [9.17, 15) is 14.4 Å². The van der Waals surface area contributed by atoms with Crippen LogP contribution in [0.25, 0.3) is 0 Å². The topological polar surface area (TPSA) is 75.7 Å². The summed E-state index contributed by atoms with van der Waals surface area (Å²) in [5.74, 6) is -1.72. The molecule has 0 saturated carbocycles. The predicted molar refractivity (Wildman–Crippen MR) is 98.2 cm³/mol. The van der Waals surface area contributed by atoms with Crippen LogP contribution in [0.1, 0.15) is 10.4 Å². The van der Waals surface area contributed by atoms with Gasteiger partial charge in [-0.1, -0.05) is 29.3 Å². The summed E-state index contributed by atoms with van der Waals surface area (Å²) in [6.45, 7) is 0. The minimum absolute atomic E-state index is 0.0533. The van der Waals surface area contributed by atoms with Gasteiger partial charge in [-0.2, -0.15) is 0 Å². The first kappa shape index (κ1) is 18.0. The molecule has 8 heteroatoms. The van der Waals surface area contributed by atoms with Crippen LogP contribution in [0.4, 0.5) is 11.4 Å². The summed E-state index contributed by atoms with van der Waals surface area (Å²) in [6.07, 6.45) is 0. The van der Waals surface area contributed by atoms with Crippen molar-refractivity contribution in [1.82, 2.24) is 0 Å². The summed E-state index contributed by atoms with van der Waals surface area (Å²) < 4.78 is 4.62. The van der Waals surface area contributed by atoms with E-state index >= 15 is 0 Å². The van der Waals surface area contributed by atoms with Crippen LogP contribution in [0, 0.1) is 0 Å². The first-order chi connectivity index (χ1) is 12.4. The number of ether oxygens (including phenoxy) is 1. The van der Waals surface area contributed by atoms with Crippen molar-refractivity contribution in [3.8, 4) is 0 Å². The third kappa shape index (κ3) is 3.29. The van der Waals surface area contributed by atoms with Crippen LogP contribution in [-0.4, -0.2) is 24.9 Å². The van der Waals surface area contributed by atoms with Crippen molar-refractivity contribution in [2.45, 2.75) is 0 Å². The van der Waals surface area contributed by atoms with E-state index < -0.39 is 17.8 Å². The Morgan fingerprint density at radius 1 is 1.04 bits per heavy atom. The number of esters is 1. The highest BCUT2D eigenvalue weighted by molar-refractivity contribution is 6.53. The lowest BCUT2D eigenvalue weighted by Gasteiger charge is -2.15. The van der Waals surface area contributed by atoms with Gasteiger partial charge in [-0.25, -0.2) is 9.69 Å². The fraction of sp³-hybridized carbons (Fsp3) is 0.0556. The van der Waals surface area contributed by atoms with E-state index in [1.54, 1.807) is 30.3 Å². The highest BCUT2D eigenvalue weighted by Crippen LogP contribution is 2.31. The van der Waals surface area contributed by atoms with Crippen molar-refractivity contribution in [2.75, 3.05) is 17.3 Å². The molecule has 0 bridgehead atoms. The van der Waals surface area contributed by atoms with Gasteiger partial charge in [0.2, 0.25) is 0 Å². The number of hydrogen-bond acceptors (Lipinski definition) is 5. The number of anilines is 2. The molecule has 0 aliphatic carbocycles. The third-order valence-electron chi connectivity index (χ3n) is 3.67. The quantitative estimate of drug-likeness (QED) is 0.637. The minimum Gasteiger partial charge on any atom is -0.465 e. The first-order valence-electron chi connectivity index (χ1n) is 7.42. The zero-order valence-electron chi connectivity index (χ0n) is 13.5. The summed E-state index contributed by atoms with van der Waals surface area (Å²) >= 11 is 12.0. The normalized spacial score (nSPS) is 14.0. The fourth-order valence-corrected chi connectivity index (χ4v) is 2.81. The molecule has 6 nitrogen and oxygen atoms in total. The number of imide groups is 1. The molecule has 0 saturated heterocycles. The van der Waals surface area contributed by atoms with Crippen LogP contribution in [0.5, 0.6) is 0 Å². The first-order valence-corrected chi connectivity index (χ1v) is 8.17. The number of halogens is 2. The Bertz CT molecular complexity index is 938. The Labute approximate surface area is 158 Å². The number of carbonyl (C=O) groups excluding carboxylic acids is 3. The fourth-order valence-electron chi connectivity index (χ4n) is 2.41. The number of benzene rings is 2. The van der Waals surface area contributed by atoms with Crippen molar-refractivity contribution in [2.24, 2.45) is 0 Å². The van der Waals surface area contributed by atoms with Crippen molar-refractivity contribution in [3.05, 3.63) is 69.8 Å². The van der Waals surface area contributed by atoms with E-state index in [0.29, 0.717) is 22.0 Å². The second-order valence-electron chi connectivity index (χ2n) is 5.31. The maximum absolute atomic E-state index is 12.6. The molecule has 26 heavy (non-hydrogen) atoms. The van der Waals surface area contributed by atoms with Gasteiger partial charge in [-0.05, 0) is 42.5 Å². The number of nitrogens with zero attached hydrogens (tertiary/aromatic N) is 1. The van der Waals surface area contributed by atoms with Crippen LogP contribution in [0.3, 0.4) is 0 Å². The molecule has 132 valence electrons. The Morgan fingerprint density at radius 2 is 1.73 bits per heavy atom. The Morgan fingerprint density at radius 3 is 2.35 bits per heavy atom. The second-order valence-corrected chi connectivity index (χ2v) is 6.12. The summed E-state index contributed by atoms with van der Waals surface area (Å²) in [4.78, 5) is 37.4. The van der Waals surface area contributed by atoms with E-state index in [4.69, 9.17) is 23.2 Å². The van der Waals surface area contributed by atoms with Gasteiger partial charge in [0.25, 0.3) is 11.8 Å². The van der Waals surface area contributed by atoms with Crippen LogP contribution >= 0.6 is 23.2 Å². The maximum Gasteiger partial charge on any atom is 0.337 e. The SMILES string of the molecule is COC(=O)c1ccc(NC2=C(Cl)C(=O)N(c3cccc(Cl)c3)C2=O)cc1. The maximum atomic E-state index is 12.6. The zero-order valence-corrected chi connectivity index (χ0v) is 15.0. The van der Waals surface area contributed by atoms with Crippen molar-refractivity contribution in [3.63, 3.8) is 0 Å². The summed E-state index contributed by atoms with van der Waals surface area (Å²) in [5.41, 5.74) is 1.11. The number of hydrogen-bond donors (Lipinski definition) is 1. The molecule has 2 aromatic rings. The average Bonchev–Trinajstić information content (AvgIpc) is 2.85. The molecule has 0 radical (unpaired) electrons. The van der Waals surface area contributed by atoms with E-state index in [1.165, 1.54) is 25.3 Å². The van der Waals surface area contributed by atoms with Crippen molar-refractivity contribution < 1.29 is 19.1 Å². The molecule has 0 atom stereocenters. The Kier molecular flexibility index (Phi) is 4.97. The number of nitrogens with one attached hydrogen (secondary N) is 1.